The monoisotopic (exact) mass is 165 g/mol. The molecule has 1 saturated carbocycles. The van der Waals surface area contributed by atoms with Gasteiger partial charge in [-0.05, 0) is 18.8 Å². The van der Waals surface area contributed by atoms with Gasteiger partial charge in [0.2, 0.25) is 0 Å². The van der Waals surface area contributed by atoms with Crippen molar-refractivity contribution in [1.82, 2.24) is 5.32 Å². The molecule has 3 nitrogen and oxygen atoms in total. The van der Waals surface area contributed by atoms with Crippen molar-refractivity contribution in [2.45, 2.75) is 25.7 Å². The van der Waals surface area contributed by atoms with Crippen LogP contribution in [0.2, 0.25) is 0 Å². The van der Waals surface area contributed by atoms with Gasteiger partial charge in [-0.2, -0.15) is 0 Å². The average Bonchev–Trinajstić information content (AvgIpc) is 2.58. The molecule has 0 spiro atoms. The highest BCUT2D eigenvalue weighted by molar-refractivity contribution is 6.16. The Morgan fingerprint density at radius 1 is 1.25 bits per heavy atom. The van der Waals surface area contributed by atoms with E-state index in [2.05, 4.69) is 5.32 Å². The van der Waals surface area contributed by atoms with Gasteiger partial charge in [0.05, 0.1) is 0 Å². The van der Waals surface area contributed by atoms with Crippen LogP contribution in [0.5, 0.6) is 0 Å². The Labute approximate surface area is 70.8 Å². The van der Waals surface area contributed by atoms with E-state index in [1.54, 1.807) is 0 Å². The van der Waals surface area contributed by atoms with Crippen LogP contribution in [0.15, 0.2) is 11.6 Å². The summed E-state index contributed by atoms with van der Waals surface area (Å²) in [5.41, 5.74) is 0.706. The van der Waals surface area contributed by atoms with E-state index in [1.165, 1.54) is 18.9 Å². The minimum atomic E-state index is -0.248. The zero-order valence-electron chi connectivity index (χ0n) is 6.80. The summed E-state index contributed by atoms with van der Waals surface area (Å²) >= 11 is 0. The number of hydrogen-bond donors (Lipinski definition) is 1. The molecule has 0 unspecified atom stereocenters. The van der Waals surface area contributed by atoms with Gasteiger partial charge >= 0.3 is 0 Å². The second-order valence-corrected chi connectivity index (χ2v) is 3.40. The first-order chi connectivity index (χ1) is 5.77. The normalized spacial score (nSPS) is 24.5. The molecule has 0 aromatic heterocycles. The van der Waals surface area contributed by atoms with Crippen molar-refractivity contribution in [3.8, 4) is 0 Å². The number of carbonyl (C=O) groups is 2. The maximum absolute atomic E-state index is 11.2. The van der Waals surface area contributed by atoms with Crippen LogP contribution >= 0.6 is 0 Å². The van der Waals surface area contributed by atoms with E-state index in [-0.39, 0.29) is 11.8 Å². The van der Waals surface area contributed by atoms with E-state index in [0.717, 1.165) is 12.8 Å². The van der Waals surface area contributed by atoms with E-state index < -0.39 is 0 Å². The van der Waals surface area contributed by atoms with Gasteiger partial charge in [0.25, 0.3) is 11.8 Å². The summed E-state index contributed by atoms with van der Waals surface area (Å²) in [4.78, 5) is 22.0. The van der Waals surface area contributed by atoms with Crippen molar-refractivity contribution in [2.75, 3.05) is 0 Å². The minimum Gasteiger partial charge on any atom is -0.289 e. The lowest BCUT2D eigenvalue weighted by molar-refractivity contribution is -0.124. The highest BCUT2D eigenvalue weighted by atomic mass is 16.2. The predicted octanol–water partition coefficient (Wildman–Crippen LogP) is 0.759. The van der Waals surface area contributed by atoms with Crippen molar-refractivity contribution in [3.05, 3.63) is 11.6 Å². The molecule has 3 heteroatoms. The van der Waals surface area contributed by atoms with Crippen molar-refractivity contribution in [2.24, 2.45) is 5.92 Å². The van der Waals surface area contributed by atoms with Gasteiger partial charge in [-0.15, -0.1) is 0 Å². The van der Waals surface area contributed by atoms with E-state index >= 15 is 0 Å². The zero-order chi connectivity index (χ0) is 8.55. The highest BCUT2D eigenvalue weighted by Gasteiger charge is 2.29. The molecule has 1 fully saturated rings. The fraction of sp³-hybridized carbons (Fsp3) is 0.556. The molecule has 2 amide bonds. The van der Waals surface area contributed by atoms with Gasteiger partial charge in [-0.3, -0.25) is 14.9 Å². The third kappa shape index (κ3) is 1.15. The second kappa shape index (κ2) is 2.73. The molecule has 0 atom stereocenters. The molecule has 2 rings (SSSR count). The summed E-state index contributed by atoms with van der Waals surface area (Å²) in [6, 6.07) is 0. The fourth-order valence-electron chi connectivity index (χ4n) is 1.97. The molecule has 0 bridgehead atoms. The van der Waals surface area contributed by atoms with E-state index in [0.29, 0.717) is 11.5 Å². The molecule has 0 aromatic rings. The Bertz CT molecular complexity index is 262. The summed E-state index contributed by atoms with van der Waals surface area (Å²) in [6.07, 6.45) is 5.95. The first kappa shape index (κ1) is 7.53. The molecular weight excluding hydrogens is 154 g/mol. The van der Waals surface area contributed by atoms with Crippen LogP contribution in [0.3, 0.4) is 0 Å². The Morgan fingerprint density at radius 3 is 2.42 bits per heavy atom. The lowest BCUT2D eigenvalue weighted by Crippen LogP contribution is -2.23. The highest BCUT2D eigenvalue weighted by Crippen LogP contribution is 2.32. The molecule has 0 aromatic carbocycles. The summed E-state index contributed by atoms with van der Waals surface area (Å²) < 4.78 is 0. The fourth-order valence-corrected chi connectivity index (χ4v) is 1.97. The number of nitrogens with one attached hydrogen (secondary N) is 1. The second-order valence-electron chi connectivity index (χ2n) is 3.40. The number of imide groups is 1. The Kier molecular flexibility index (Phi) is 1.71. The van der Waals surface area contributed by atoms with Gasteiger partial charge < -0.3 is 0 Å². The molecular formula is C9H11NO2. The smallest absolute Gasteiger partial charge is 0.254 e. The Balaban J connectivity index is 2.16. The van der Waals surface area contributed by atoms with E-state index in [4.69, 9.17) is 0 Å². The van der Waals surface area contributed by atoms with Gasteiger partial charge in [0.15, 0.2) is 0 Å². The maximum atomic E-state index is 11.2. The topological polar surface area (TPSA) is 46.2 Å². The zero-order valence-corrected chi connectivity index (χ0v) is 6.80. The molecule has 1 aliphatic heterocycles. The Morgan fingerprint density at radius 2 is 1.92 bits per heavy atom. The maximum Gasteiger partial charge on any atom is 0.254 e. The molecule has 0 saturated heterocycles. The lowest BCUT2D eigenvalue weighted by atomic mass is 9.98. The van der Waals surface area contributed by atoms with Gasteiger partial charge in [-0.1, -0.05) is 12.8 Å². The SMILES string of the molecule is O=C1C=C(C2CCCC2)C(=O)N1. The van der Waals surface area contributed by atoms with Crippen LogP contribution in [0.1, 0.15) is 25.7 Å². The van der Waals surface area contributed by atoms with Crippen molar-refractivity contribution < 1.29 is 9.59 Å². The summed E-state index contributed by atoms with van der Waals surface area (Å²) in [5.74, 6) is -0.0785. The molecule has 1 aliphatic carbocycles. The molecule has 2 aliphatic rings. The van der Waals surface area contributed by atoms with Gasteiger partial charge in [-0.25, -0.2) is 0 Å². The van der Waals surface area contributed by atoms with E-state index in [9.17, 15) is 9.59 Å². The average molecular weight is 165 g/mol. The molecule has 64 valence electrons. The molecule has 0 radical (unpaired) electrons. The summed E-state index contributed by atoms with van der Waals surface area (Å²) in [7, 11) is 0. The molecule has 12 heavy (non-hydrogen) atoms. The van der Waals surface area contributed by atoms with E-state index in [1.807, 2.05) is 0 Å². The lowest BCUT2D eigenvalue weighted by Gasteiger charge is -2.06. The van der Waals surface area contributed by atoms with Crippen molar-refractivity contribution >= 4 is 11.8 Å². The number of hydrogen-bond acceptors (Lipinski definition) is 2. The summed E-state index contributed by atoms with van der Waals surface area (Å²) in [5, 5.41) is 2.27. The first-order valence-electron chi connectivity index (χ1n) is 4.34. The van der Waals surface area contributed by atoms with Crippen LogP contribution in [0, 0.1) is 5.92 Å². The predicted molar refractivity (Wildman–Crippen MR) is 43.2 cm³/mol. The van der Waals surface area contributed by atoms with Gasteiger partial charge in [0, 0.05) is 11.6 Å². The molecule has 1 heterocycles. The van der Waals surface area contributed by atoms with Crippen molar-refractivity contribution in [1.29, 1.82) is 0 Å². The summed E-state index contributed by atoms with van der Waals surface area (Å²) in [6.45, 7) is 0. The van der Waals surface area contributed by atoms with Crippen LogP contribution < -0.4 is 5.32 Å². The standard InChI is InChI=1S/C9H11NO2/c11-8-5-7(9(12)10-8)6-3-1-2-4-6/h5-6H,1-4H2,(H,10,11,12). The quantitative estimate of drug-likeness (QED) is 0.583. The van der Waals surface area contributed by atoms with Crippen LogP contribution in [0.4, 0.5) is 0 Å². The third-order valence-corrected chi connectivity index (χ3v) is 2.58. The van der Waals surface area contributed by atoms with Crippen molar-refractivity contribution in [3.63, 3.8) is 0 Å². The number of rotatable bonds is 1. The van der Waals surface area contributed by atoms with Gasteiger partial charge in [0.1, 0.15) is 0 Å². The Hall–Kier alpha value is -1.12. The number of amides is 2. The van der Waals surface area contributed by atoms with Crippen LogP contribution in [-0.2, 0) is 9.59 Å². The van der Waals surface area contributed by atoms with Crippen LogP contribution in [0.25, 0.3) is 0 Å². The minimum absolute atomic E-state index is 0.174. The largest absolute Gasteiger partial charge is 0.289 e. The number of carbonyl (C=O) groups excluding carboxylic acids is 2. The van der Waals surface area contributed by atoms with Crippen LogP contribution in [-0.4, -0.2) is 11.8 Å². The molecule has 1 N–H and O–H groups in total. The first-order valence-corrected chi connectivity index (χ1v) is 4.34. The third-order valence-electron chi connectivity index (χ3n) is 2.58.